The second-order valence-corrected chi connectivity index (χ2v) is 5.26. The van der Waals surface area contributed by atoms with Gasteiger partial charge in [0.15, 0.2) is 0 Å². The molecule has 0 aliphatic rings. The number of rotatable bonds is 3. The minimum absolute atomic E-state index is 0. The SMILES string of the molecule is Cc1ccc(N(c2cc[c-]cc2)c2ccc(C)cc2)cc1.[Li+]. The van der Waals surface area contributed by atoms with Crippen LogP contribution in [0, 0.1) is 19.9 Å². The molecular weight excluding hydrogens is 261 g/mol. The molecule has 0 radical (unpaired) electrons. The molecule has 0 bridgehead atoms. The molecule has 0 heterocycles. The average molecular weight is 279 g/mol. The van der Waals surface area contributed by atoms with Gasteiger partial charge in [-0.3, -0.25) is 0 Å². The van der Waals surface area contributed by atoms with Crippen LogP contribution in [-0.4, -0.2) is 0 Å². The van der Waals surface area contributed by atoms with Crippen molar-refractivity contribution in [1.29, 1.82) is 0 Å². The molecule has 0 saturated heterocycles. The van der Waals surface area contributed by atoms with E-state index in [9.17, 15) is 0 Å². The van der Waals surface area contributed by atoms with E-state index in [-0.39, 0.29) is 18.9 Å². The van der Waals surface area contributed by atoms with Gasteiger partial charge in [0.05, 0.1) is 0 Å². The predicted octanol–water partition coefficient (Wildman–Crippen LogP) is 2.58. The van der Waals surface area contributed by atoms with Crippen LogP contribution in [0.15, 0.2) is 72.8 Å². The summed E-state index contributed by atoms with van der Waals surface area (Å²) in [5, 5.41) is 0. The third kappa shape index (κ3) is 3.63. The molecule has 0 aromatic heterocycles. The summed E-state index contributed by atoms with van der Waals surface area (Å²) in [5.41, 5.74) is 6.00. The average Bonchev–Trinajstić information content (AvgIpc) is 2.52. The van der Waals surface area contributed by atoms with E-state index >= 15 is 0 Å². The minimum atomic E-state index is 0. The van der Waals surface area contributed by atoms with E-state index in [1.165, 1.54) is 11.1 Å². The van der Waals surface area contributed by atoms with Crippen molar-refractivity contribution in [2.24, 2.45) is 0 Å². The summed E-state index contributed by atoms with van der Waals surface area (Å²) in [6, 6.07) is 28.4. The van der Waals surface area contributed by atoms with Crippen LogP contribution in [0.1, 0.15) is 11.1 Å². The van der Waals surface area contributed by atoms with Crippen molar-refractivity contribution in [3.05, 3.63) is 90.0 Å². The number of anilines is 3. The van der Waals surface area contributed by atoms with Gasteiger partial charge < -0.3 is 4.90 Å². The second kappa shape index (κ2) is 7.36. The van der Waals surface area contributed by atoms with Gasteiger partial charge in [-0.05, 0) is 38.1 Å². The Balaban J connectivity index is 0.00000176. The summed E-state index contributed by atoms with van der Waals surface area (Å²) >= 11 is 0. The van der Waals surface area contributed by atoms with Crippen molar-refractivity contribution < 1.29 is 18.9 Å². The van der Waals surface area contributed by atoms with Crippen molar-refractivity contribution in [1.82, 2.24) is 0 Å². The molecule has 0 spiro atoms. The van der Waals surface area contributed by atoms with Gasteiger partial charge in [-0.25, -0.2) is 0 Å². The molecule has 0 saturated carbocycles. The zero-order chi connectivity index (χ0) is 14.7. The van der Waals surface area contributed by atoms with Crippen LogP contribution in [0.3, 0.4) is 0 Å². The first-order valence-corrected chi connectivity index (χ1v) is 7.13. The Morgan fingerprint density at radius 2 is 0.955 bits per heavy atom. The molecule has 2 heteroatoms. The molecule has 0 fully saturated rings. The first kappa shape index (κ1) is 16.4. The van der Waals surface area contributed by atoms with Crippen molar-refractivity contribution in [3.63, 3.8) is 0 Å². The second-order valence-electron chi connectivity index (χ2n) is 5.26. The summed E-state index contributed by atoms with van der Waals surface area (Å²) in [4.78, 5) is 2.26. The summed E-state index contributed by atoms with van der Waals surface area (Å²) in [6.45, 7) is 4.22. The first-order valence-electron chi connectivity index (χ1n) is 7.13. The Kier molecular flexibility index (Phi) is 5.50. The molecule has 3 rings (SSSR count). The van der Waals surface area contributed by atoms with E-state index in [2.05, 4.69) is 85.5 Å². The van der Waals surface area contributed by atoms with Crippen LogP contribution in [-0.2, 0) is 0 Å². The van der Waals surface area contributed by atoms with E-state index in [1.54, 1.807) is 0 Å². The van der Waals surface area contributed by atoms with Gasteiger partial charge in [-0.15, -0.1) is 12.1 Å². The number of nitrogens with zero attached hydrogens (tertiary/aromatic N) is 1. The molecule has 0 aliphatic heterocycles. The van der Waals surface area contributed by atoms with Crippen molar-refractivity contribution >= 4 is 17.1 Å². The van der Waals surface area contributed by atoms with Crippen LogP contribution in [0.5, 0.6) is 0 Å². The van der Waals surface area contributed by atoms with Gasteiger partial charge in [0.2, 0.25) is 0 Å². The molecule has 3 aromatic rings. The zero-order valence-electron chi connectivity index (χ0n) is 13.4. The maximum Gasteiger partial charge on any atom is 1.00 e. The largest absolute Gasteiger partial charge is 1.00 e. The Morgan fingerprint density at radius 1 is 0.591 bits per heavy atom. The molecule has 1 nitrogen and oxygen atoms in total. The normalized spacial score (nSPS) is 9.91. The summed E-state index contributed by atoms with van der Waals surface area (Å²) in [5.74, 6) is 0. The van der Waals surface area contributed by atoms with E-state index in [4.69, 9.17) is 0 Å². The Bertz CT molecular complexity index is 657. The molecule has 0 aliphatic carbocycles. The molecule has 22 heavy (non-hydrogen) atoms. The van der Waals surface area contributed by atoms with Gasteiger partial charge in [0.1, 0.15) is 0 Å². The van der Waals surface area contributed by atoms with Crippen LogP contribution >= 0.6 is 0 Å². The fourth-order valence-corrected chi connectivity index (χ4v) is 2.36. The third-order valence-electron chi connectivity index (χ3n) is 3.54. The quantitative estimate of drug-likeness (QED) is 0.526. The van der Waals surface area contributed by atoms with E-state index < -0.39 is 0 Å². The fraction of sp³-hybridized carbons (Fsp3) is 0.100. The van der Waals surface area contributed by atoms with Crippen LogP contribution in [0.25, 0.3) is 0 Å². The fourth-order valence-electron chi connectivity index (χ4n) is 2.36. The molecule has 104 valence electrons. The van der Waals surface area contributed by atoms with Crippen molar-refractivity contribution in [2.45, 2.75) is 13.8 Å². The molecule has 0 amide bonds. The van der Waals surface area contributed by atoms with Gasteiger partial charge in [-0.1, -0.05) is 41.1 Å². The summed E-state index contributed by atoms with van der Waals surface area (Å²) in [7, 11) is 0. The van der Waals surface area contributed by atoms with E-state index in [0.29, 0.717) is 0 Å². The van der Waals surface area contributed by atoms with Gasteiger partial charge in [0, 0.05) is 11.4 Å². The third-order valence-corrected chi connectivity index (χ3v) is 3.54. The van der Waals surface area contributed by atoms with Gasteiger partial charge >= 0.3 is 18.9 Å². The van der Waals surface area contributed by atoms with E-state index in [0.717, 1.165) is 17.1 Å². The molecule has 0 N–H and O–H groups in total. The minimum Gasteiger partial charge on any atom is -0.334 e. The Morgan fingerprint density at radius 3 is 1.36 bits per heavy atom. The summed E-state index contributed by atoms with van der Waals surface area (Å²) in [6.07, 6.45) is 0. The maximum absolute atomic E-state index is 3.08. The van der Waals surface area contributed by atoms with Crippen LogP contribution in [0.2, 0.25) is 0 Å². The number of hydrogen-bond donors (Lipinski definition) is 0. The van der Waals surface area contributed by atoms with Crippen LogP contribution in [0.4, 0.5) is 17.1 Å². The summed E-state index contributed by atoms with van der Waals surface area (Å²) < 4.78 is 0. The van der Waals surface area contributed by atoms with Gasteiger partial charge in [-0.2, -0.15) is 18.2 Å². The topological polar surface area (TPSA) is 3.24 Å². The number of hydrogen-bond acceptors (Lipinski definition) is 1. The zero-order valence-corrected chi connectivity index (χ0v) is 13.4. The molecule has 0 atom stereocenters. The van der Waals surface area contributed by atoms with Crippen LogP contribution < -0.4 is 23.8 Å². The molecular formula is C20H18LiN. The predicted molar refractivity (Wildman–Crippen MR) is 89.4 cm³/mol. The van der Waals surface area contributed by atoms with Crippen molar-refractivity contribution in [3.8, 4) is 0 Å². The van der Waals surface area contributed by atoms with Gasteiger partial charge in [0.25, 0.3) is 0 Å². The smallest absolute Gasteiger partial charge is 0.334 e. The Hall–Kier alpha value is -1.94. The first-order chi connectivity index (χ1) is 10.2. The number of benzene rings is 3. The monoisotopic (exact) mass is 279 g/mol. The maximum atomic E-state index is 3.08. The van der Waals surface area contributed by atoms with Crippen molar-refractivity contribution in [2.75, 3.05) is 4.90 Å². The molecule has 0 unspecified atom stereocenters. The standard InChI is InChI=1S/C20H18N.Li/c1-16-8-12-19(13-9-16)21(18-6-4-3-5-7-18)20-14-10-17(2)11-15-20;/h4-15H,1-2H3;/q-1;+1. The molecule has 3 aromatic carbocycles. The Labute approximate surface area is 144 Å². The number of aryl methyl sites for hydroxylation is 2. The van der Waals surface area contributed by atoms with E-state index in [1.807, 2.05) is 12.1 Å².